The first kappa shape index (κ1) is 13.6. The molecule has 2 heteroatoms. The highest BCUT2D eigenvalue weighted by Crippen LogP contribution is 2.60. The quantitative estimate of drug-likeness (QED) is 0.557. The number of esters is 1. The summed E-state index contributed by atoms with van der Waals surface area (Å²) in [5.41, 5.74) is 1.69. The Hall–Kier alpha value is -0.790. The van der Waals surface area contributed by atoms with Crippen molar-refractivity contribution in [3.63, 3.8) is 0 Å². The van der Waals surface area contributed by atoms with Crippen molar-refractivity contribution in [1.29, 1.82) is 0 Å². The van der Waals surface area contributed by atoms with E-state index in [2.05, 4.69) is 26.8 Å². The van der Waals surface area contributed by atoms with Gasteiger partial charge in [-0.15, -0.1) is 0 Å². The van der Waals surface area contributed by atoms with Gasteiger partial charge in [-0.1, -0.05) is 19.9 Å². The van der Waals surface area contributed by atoms with Crippen LogP contribution in [-0.4, -0.2) is 12.6 Å². The maximum absolute atomic E-state index is 10.8. The molecule has 18 heavy (non-hydrogen) atoms. The van der Waals surface area contributed by atoms with Gasteiger partial charge in [0.25, 0.3) is 0 Å². The van der Waals surface area contributed by atoms with Gasteiger partial charge in [-0.25, -0.2) is 0 Å². The number of carbonyl (C=O) groups is 1. The van der Waals surface area contributed by atoms with Crippen molar-refractivity contribution in [1.82, 2.24) is 0 Å². The van der Waals surface area contributed by atoms with Crippen molar-refractivity contribution in [2.75, 3.05) is 6.61 Å². The van der Waals surface area contributed by atoms with Crippen LogP contribution in [0, 0.1) is 23.2 Å². The lowest BCUT2D eigenvalue weighted by atomic mass is 9.67. The van der Waals surface area contributed by atoms with Gasteiger partial charge < -0.3 is 4.74 Å². The summed E-state index contributed by atoms with van der Waals surface area (Å²) in [5, 5.41) is 0. The molecule has 0 heterocycles. The van der Waals surface area contributed by atoms with Crippen molar-refractivity contribution in [2.45, 2.75) is 53.4 Å². The van der Waals surface area contributed by atoms with Crippen LogP contribution >= 0.6 is 0 Å². The minimum atomic E-state index is -0.192. The zero-order valence-corrected chi connectivity index (χ0v) is 12.2. The summed E-state index contributed by atoms with van der Waals surface area (Å²) in [5.74, 6) is 2.50. The Bertz CT molecular complexity index is 354. The molecule has 0 aromatic heterocycles. The molecule has 2 aliphatic carbocycles. The van der Waals surface area contributed by atoms with E-state index in [1.807, 2.05) is 0 Å². The lowest BCUT2D eigenvalue weighted by Gasteiger charge is -2.38. The highest BCUT2D eigenvalue weighted by Gasteiger charge is 2.51. The predicted molar refractivity (Wildman–Crippen MR) is 73.1 cm³/mol. The molecule has 0 N–H and O–H groups in total. The molecule has 102 valence electrons. The van der Waals surface area contributed by atoms with Crippen LogP contribution in [0.5, 0.6) is 0 Å². The smallest absolute Gasteiger partial charge is 0.302 e. The van der Waals surface area contributed by atoms with Crippen molar-refractivity contribution < 1.29 is 9.53 Å². The zero-order chi connectivity index (χ0) is 13.3. The second kappa shape index (κ2) is 5.07. The van der Waals surface area contributed by atoms with Gasteiger partial charge in [0, 0.05) is 6.92 Å². The third kappa shape index (κ3) is 2.62. The van der Waals surface area contributed by atoms with E-state index in [1.165, 1.54) is 31.8 Å². The summed E-state index contributed by atoms with van der Waals surface area (Å²) < 4.78 is 5.03. The second-order valence-corrected chi connectivity index (χ2v) is 6.76. The van der Waals surface area contributed by atoms with E-state index in [0.717, 1.165) is 24.2 Å². The molecule has 2 fully saturated rings. The molecule has 3 unspecified atom stereocenters. The Morgan fingerprint density at radius 2 is 2.06 bits per heavy atom. The SMILES string of the molecule is CC(=O)OC/C(C)=C/CC1C2CCC(C2)C1(C)C. The van der Waals surface area contributed by atoms with Crippen molar-refractivity contribution in [2.24, 2.45) is 23.2 Å². The molecule has 0 spiro atoms. The summed E-state index contributed by atoms with van der Waals surface area (Å²) >= 11 is 0. The molecular weight excluding hydrogens is 224 g/mol. The predicted octanol–water partition coefficient (Wildman–Crippen LogP) is 3.96. The fourth-order valence-corrected chi connectivity index (χ4v) is 4.07. The van der Waals surface area contributed by atoms with Gasteiger partial charge in [-0.3, -0.25) is 4.79 Å². The number of fused-ring (bicyclic) bond motifs is 2. The third-order valence-electron chi connectivity index (χ3n) is 5.27. The molecule has 2 nitrogen and oxygen atoms in total. The van der Waals surface area contributed by atoms with Crippen molar-refractivity contribution >= 4 is 5.97 Å². The number of allylic oxidation sites excluding steroid dienone is 1. The third-order valence-corrected chi connectivity index (χ3v) is 5.27. The Kier molecular flexibility index (Phi) is 3.84. The number of carbonyl (C=O) groups excluding carboxylic acids is 1. The lowest BCUT2D eigenvalue weighted by Crippen LogP contribution is -2.30. The lowest BCUT2D eigenvalue weighted by molar-refractivity contribution is -0.139. The number of rotatable bonds is 4. The average Bonchev–Trinajstić information content (AvgIpc) is 2.83. The molecule has 0 aromatic rings. The monoisotopic (exact) mass is 250 g/mol. The molecule has 2 aliphatic rings. The number of hydrogen-bond acceptors (Lipinski definition) is 2. The average molecular weight is 250 g/mol. The minimum Gasteiger partial charge on any atom is -0.461 e. The Balaban J connectivity index is 1.90. The molecule has 0 saturated heterocycles. The van der Waals surface area contributed by atoms with E-state index in [4.69, 9.17) is 4.74 Å². The van der Waals surface area contributed by atoms with Crippen LogP contribution < -0.4 is 0 Å². The Labute approximate surface area is 111 Å². The van der Waals surface area contributed by atoms with Gasteiger partial charge in [0.2, 0.25) is 0 Å². The molecule has 2 bridgehead atoms. The zero-order valence-electron chi connectivity index (χ0n) is 12.2. The standard InChI is InChI=1S/C16H26O2/c1-11(10-18-12(2)17)5-8-15-13-6-7-14(9-13)16(15,3)4/h5,13-15H,6-10H2,1-4H3/b11-5+. The maximum atomic E-state index is 10.8. The highest BCUT2D eigenvalue weighted by atomic mass is 16.5. The summed E-state index contributed by atoms with van der Waals surface area (Å²) in [6.45, 7) is 8.86. The fraction of sp³-hybridized carbons (Fsp3) is 0.812. The van der Waals surface area contributed by atoms with Crippen LogP contribution in [-0.2, 0) is 9.53 Å². The molecule has 0 aliphatic heterocycles. The normalized spacial score (nSPS) is 33.8. The first-order chi connectivity index (χ1) is 8.41. The van der Waals surface area contributed by atoms with Gasteiger partial charge in [-0.2, -0.15) is 0 Å². The van der Waals surface area contributed by atoms with Crippen molar-refractivity contribution in [3.8, 4) is 0 Å². The Morgan fingerprint density at radius 3 is 2.61 bits per heavy atom. The Morgan fingerprint density at radius 1 is 1.33 bits per heavy atom. The van der Waals surface area contributed by atoms with Gasteiger partial charge in [0.15, 0.2) is 0 Å². The van der Waals surface area contributed by atoms with E-state index >= 15 is 0 Å². The van der Waals surface area contributed by atoms with Crippen LogP contribution in [0.25, 0.3) is 0 Å². The molecule has 0 amide bonds. The fourth-order valence-electron chi connectivity index (χ4n) is 4.07. The molecular formula is C16H26O2. The molecule has 3 atom stereocenters. The van der Waals surface area contributed by atoms with Gasteiger partial charge >= 0.3 is 5.97 Å². The van der Waals surface area contributed by atoms with Crippen LogP contribution in [0.3, 0.4) is 0 Å². The number of hydrogen-bond donors (Lipinski definition) is 0. The van der Waals surface area contributed by atoms with Crippen LogP contribution in [0.2, 0.25) is 0 Å². The molecule has 0 aromatic carbocycles. The van der Waals surface area contributed by atoms with Gasteiger partial charge in [0.1, 0.15) is 6.61 Å². The maximum Gasteiger partial charge on any atom is 0.302 e. The number of ether oxygens (including phenoxy) is 1. The van der Waals surface area contributed by atoms with Gasteiger partial charge in [-0.05, 0) is 61.3 Å². The largest absolute Gasteiger partial charge is 0.461 e. The van der Waals surface area contributed by atoms with Crippen LogP contribution in [0.15, 0.2) is 11.6 Å². The molecule has 2 rings (SSSR count). The van der Waals surface area contributed by atoms with E-state index in [1.54, 1.807) is 0 Å². The summed E-state index contributed by atoms with van der Waals surface area (Å²) in [4.78, 5) is 10.8. The summed E-state index contributed by atoms with van der Waals surface area (Å²) in [6, 6.07) is 0. The van der Waals surface area contributed by atoms with E-state index in [9.17, 15) is 4.79 Å². The van der Waals surface area contributed by atoms with Crippen LogP contribution in [0.1, 0.15) is 53.4 Å². The second-order valence-electron chi connectivity index (χ2n) is 6.76. The topological polar surface area (TPSA) is 26.3 Å². The van der Waals surface area contributed by atoms with E-state index < -0.39 is 0 Å². The summed E-state index contributed by atoms with van der Waals surface area (Å²) in [7, 11) is 0. The molecule has 2 saturated carbocycles. The van der Waals surface area contributed by atoms with E-state index in [0.29, 0.717) is 12.0 Å². The van der Waals surface area contributed by atoms with Crippen LogP contribution in [0.4, 0.5) is 0 Å². The first-order valence-electron chi connectivity index (χ1n) is 7.20. The molecule has 0 radical (unpaired) electrons. The summed E-state index contributed by atoms with van der Waals surface area (Å²) in [6.07, 6.45) is 7.74. The van der Waals surface area contributed by atoms with Crippen molar-refractivity contribution in [3.05, 3.63) is 11.6 Å². The van der Waals surface area contributed by atoms with E-state index in [-0.39, 0.29) is 5.97 Å². The first-order valence-corrected chi connectivity index (χ1v) is 7.20. The highest BCUT2D eigenvalue weighted by molar-refractivity contribution is 5.66. The minimum absolute atomic E-state index is 0.192. The van der Waals surface area contributed by atoms with Gasteiger partial charge in [0.05, 0.1) is 0 Å².